The Labute approximate surface area is 98.0 Å². The van der Waals surface area contributed by atoms with Crippen molar-refractivity contribution in [2.24, 2.45) is 0 Å². The molecular weight excluding hydrogens is 229 g/mol. The van der Waals surface area contributed by atoms with Gasteiger partial charge in [-0.1, -0.05) is 20.8 Å². The molecule has 5 heteroatoms. The standard InChI is InChI=1S/C10H26NO2PS/c1-5-11(6-2)9-10-15-14(12,8-4)13-7-3/h12,15H,5-10H2,1-4H3/t14-/m0/s1. The first-order valence-corrected chi connectivity index (χ1v) is 9.41. The van der Waals surface area contributed by atoms with Crippen LogP contribution in [0, 0.1) is 0 Å². The van der Waals surface area contributed by atoms with Crippen molar-refractivity contribution < 1.29 is 9.42 Å². The first-order chi connectivity index (χ1) is 7.11. The molecule has 0 unspecified atom stereocenters. The van der Waals surface area contributed by atoms with E-state index in [2.05, 4.69) is 18.7 Å². The van der Waals surface area contributed by atoms with Crippen molar-refractivity contribution >= 4 is 17.4 Å². The minimum Gasteiger partial charge on any atom is -0.349 e. The summed E-state index contributed by atoms with van der Waals surface area (Å²) in [4.78, 5) is 12.5. The predicted octanol–water partition coefficient (Wildman–Crippen LogP) is 1.95. The molecule has 3 nitrogen and oxygen atoms in total. The van der Waals surface area contributed by atoms with Crippen molar-refractivity contribution in [3.8, 4) is 0 Å². The van der Waals surface area contributed by atoms with Gasteiger partial charge in [0.2, 0.25) is 0 Å². The molecule has 0 heterocycles. The van der Waals surface area contributed by atoms with Crippen LogP contribution in [0.2, 0.25) is 0 Å². The van der Waals surface area contributed by atoms with Gasteiger partial charge in [0.05, 0.1) is 6.61 Å². The van der Waals surface area contributed by atoms with Gasteiger partial charge < -0.3 is 14.3 Å². The summed E-state index contributed by atoms with van der Waals surface area (Å²) in [6, 6.07) is 0. The van der Waals surface area contributed by atoms with Crippen molar-refractivity contribution in [2.45, 2.75) is 27.7 Å². The van der Waals surface area contributed by atoms with Gasteiger partial charge in [0.25, 0.3) is 0 Å². The molecule has 0 rings (SSSR count). The number of rotatable bonds is 8. The van der Waals surface area contributed by atoms with E-state index in [1.807, 2.05) is 13.8 Å². The van der Waals surface area contributed by atoms with E-state index in [4.69, 9.17) is 4.52 Å². The zero-order valence-corrected chi connectivity index (χ0v) is 12.2. The quantitative estimate of drug-likeness (QED) is 0.514. The molecule has 0 amide bonds. The fraction of sp³-hybridized carbons (Fsp3) is 1.00. The molecule has 0 radical (unpaired) electrons. The molecule has 1 atom stereocenters. The Hall–Kier alpha value is 0.660. The summed E-state index contributed by atoms with van der Waals surface area (Å²) in [5.41, 5.74) is 0. The minimum absolute atomic E-state index is 0.621. The third kappa shape index (κ3) is 6.75. The van der Waals surface area contributed by atoms with E-state index in [1.54, 1.807) is 0 Å². The lowest BCUT2D eigenvalue weighted by Gasteiger charge is -2.20. The minimum atomic E-state index is -2.08. The molecule has 0 aliphatic rings. The lowest BCUT2D eigenvalue weighted by atomic mass is 10.5. The maximum atomic E-state index is 10.1. The SMILES string of the molecule is CCO[P@@](O)(CC)=[SH]CCN(CC)CC. The van der Waals surface area contributed by atoms with Gasteiger partial charge in [-0.3, -0.25) is 0 Å². The zero-order chi connectivity index (χ0) is 11.7. The van der Waals surface area contributed by atoms with Gasteiger partial charge in [0.1, 0.15) is 6.49 Å². The second-order valence-corrected chi connectivity index (χ2v) is 8.96. The second-order valence-electron chi connectivity index (χ2n) is 3.29. The highest BCUT2D eigenvalue weighted by atomic mass is 32.5. The van der Waals surface area contributed by atoms with Crippen molar-refractivity contribution in [2.75, 3.05) is 38.2 Å². The van der Waals surface area contributed by atoms with Crippen LogP contribution in [0.1, 0.15) is 27.7 Å². The van der Waals surface area contributed by atoms with E-state index in [-0.39, 0.29) is 0 Å². The lowest BCUT2D eigenvalue weighted by molar-refractivity contribution is 0.322. The Morgan fingerprint density at radius 1 is 1.20 bits per heavy atom. The highest BCUT2D eigenvalue weighted by Crippen LogP contribution is 2.43. The van der Waals surface area contributed by atoms with E-state index >= 15 is 0 Å². The number of nitrogens with zero attached hydrogens (tertiary/aromatic N) is 1. The van der Waals surface area contributed by atoms with Crippen LogP contribution in [0.15, 0.2) is 0 Å². The molecule has 94 valence electrons. The largest absolute Gasteiger partial charge is 0.349 e. The fourth-order valence-corrected chi connectivity index (χ4v) is 5.28. The Morgan fingerprint density at radius 2 is 1.80 bits per heavy atom. The summed E-state index contributed by atoms with van der Waals surface area (Å²) >= 11 is 0. The molecule has 0 aliphatic heterocycles. The molecule has 15 heavy (non-hydrogen) atoms. The summed E-state index contributed by atoms with van der Waals surface area (Å²) in [6.45, 7) is 10.1. The van der Waals surface area contributed by atoms with Crippen molar-refractivity contribution in [3.05, 3.63) is 0 Å². The van der Waals surface area contributed by atoms with Gasteiger partial charge in [-0.05, 0) is 20.0 Å². The molecule has 0 aromatic rings. The summed E-state index contributed by atoms with van der Waals surface area (Å²) in [5, 5.41) is 0. The average Bonchev–Trinajstić information content (AvgIpc) is 2.25. The van der Waals surface area contributed by atoms with Gasteiger partial charge in [-0.2, -0.15) is 10.9 Å². The number of thiol groups is 1. The molecule has 0 saturated carbocycles. The Balaban J connectivity index is 4.10. The smallest absolute Gasteiger partial charge is 0.143 e. The fourth-order valence-electron chi connectivity index (χ4n) is 1.32. The van der Waals surface area contributed by atoms with Gasteiger partial charge >= 0.3 is 0 Å². The van der Waals surface area contributed by atoms with Crippen LogP contribution in [0.25, 0.3) is 0 Å². The van der Waals surface area contributed by atoms with Crippen LogP contribution < -0.4 is 0 Å². The van der Waals surface area contributed by atoms with Crippen molar-refractivity contribution in [3.63, 3.8) is 0 Å². The van der Waals surface area contributed by atoms with Crippen LogP contribution in [-0.4, -0.2) is 47.9 Å². The van der Waals surface area contributed by atoms with Gasteiger partial charge in [-0.15, -0.1) is 0 Å². The van der Waals surface area contributed by atoms with Gasteiger partial charge in [0.15, 0.2) is 0 Å². The number of hydrogen-bond acceptors (Lipinski definition) is 2. The predicted molar refractivity (Wildman–Crippen MR) is 72.7 cm³/mol. The molecule has 0 saturated heterocycles. The normalized spacial score (nSPS) is 15.6. The first kappa shape index (κ1) is 15.7. The maximum absolute atomic E-state index is 10.1. The molecule has 0 spiro atoms. The Kier molecular flexibility index (Phi) is 9.16. The van der Waals surface area contributed by atoms with Crippen LogP contribution in [-0.2, 0) is 15.5 Å². The molecule has 0 bridgehead atoms. The lowest BCUT2D eigenvalue weighted by Crippen LogP contribution is -2.26. The summed E-state index contributed by atoms with van der Waals surface area (Å²) in [7, 11) is 1.10. The van der Waals surface area contributed by atoms with E-state index in [1.165, 1.54) is 0 Å². The monoisotopic (exact) mass is 255 g/mol. The first-order valence-electron chi connectivity index (χ1n) is 5.78. The average molecular weight is 255 g/mol. The third-order valence-electron chi connectivity index (χ3n) is 2.38. The molecule has 0 aromatic carbocycles. The summed E-state index contributed by atoms with van der Waals surface area (Å²) in [6.07, 6.45) is 0.765. The zero-order valence-electron chi connectivity index (χ0n) is 10.4. The molecule has 0 fully saturated rings. The van der Waals surface area contributed by atoms with Crippen molar-refractivity contribution in [1.29, 1.82) is 0 Å². The highest BCUT2D eigenvalue weighted by Gasteiger charge is 2.09. The molecule has 0 aromatic heterocycles. The molecular formula is C10H26NO2PS. The molecule has 1 N–H and O–H groups in total. The van der Waals surface area contributed by atoms with E-state index in [0.717, 1.165) is 42.5 Å². The summed E-state index contributed by atoms with van der Waals surface area (Å²) in [5.74, 6) is 1.01. The van der Waals surface area contributed by atoms with Crippen LogP contribution in [0.5, 0.6) is 0 Å². The van der Waals surface area contributed by atoms with Crippen LogP contribution in [0.4, 0.5) is 0 Å². The van der Waals surface area contributed by atoms with E-state index < -0.39 is 6.49 Å². The van der Waals surface area contributed by atoms with Crippen LogP contribution >= 0.6 is 6.49 Å². The highest BCUT2D eigenvalue weighted by molar-refractivity contribution is 8.19. The summed E-state index contributed by atoms with van der Waals surface area (Å²) < 4.78 is 5.46. The van der Waals surface area contributed by atoms with E-state index in [9.17, 15) is 4.89 Å². The van der Waals surface area contributed by atoms with E-state index in [0.29, 0.717) is 6.61 Å². The van der Waals surface area contributed by atoms with Gasteiger partial charge in [0, 0.05) is 18.5 Å². The Morgan fingerprint density at radius 3 is 2.20 bits per heavy atom. The second kappa shape index (κ2) is 8.77. The maximum Gasteiger partial charge on any atom is 0.143 e. The Bertz CT molecular complexity index is 208. The van der Waals surface area contributed by atoms with Crippen LogP contribution in [0.3, 0.4) is 0 Å². The third-order valence-corrected chi connectivity index (χ3v) is 7.84. The topological polar surface area (TPSA) is 32.7 Å². The number of hydrogen-bond donors (Lipinski definition) is 2. The van der Waals surface area contributed by atoms with Gasteiger partial charge in [-0.25, -0.2) is 0 Å². The van der Waals surface area contributed by atoms with Crippen molar-refractivity contribution in [1.82, 2.24) is 4.90 Å². The molecule has 0 aliphatic carbocycles.